The fourth-order valence-corrected chi connectivity index (χ4v) is 2.99. The first-order valence-electron chi connectivity index (χ1n) is 6.44. The lowest BCUT2D eigenvalue weighted by Gasteiger charge is -2.07. The number of nitrogens with zero attached hydrogens (tertiary/aromatic N) is 2. The second-order valence-corrected chi connectivity index (χ2v) is 6.62. The Kier molecular flexibility index (Phi) is 4.99. The van der Waals surface area contributed by atoms with E-state index in [4.69, 9.17) is 16.6 Å². The highest BCUT2D eigenvalue weighted by atomic mass is 35.5. The molecule has 1 heterocycles. The second-order valence-electron chi connectivity index (χ2n) is 4.69. The Bertz CT molecular complexity index is 594. The molecule has 2 rings (SSSR count). The van der Waals surface area contributed by atoms with Gasteiger partial charge in [0.15, 0.2) is 0 Å². The van der Waals surface area contributed by atoms with Crippen LogP contribution in [0, 0.1) is 6.92 Å². The highest BCUT2D eigenvalue weighted by Gasteiger charge is 2.11. The predicted molar refractivity (Wildman–Crippen MR) is 82.4 cm³/mol. The average Bonchev–Trinajstić information content (AvgIpc) is 2.70. The van der Waals surface area contributed by atoms with E-state index in [0.717, 1.165) is 42.0 Å². The molecule has 1 unspecified atom stereocenters. The summed E-state index contributed by atoms with van der Waals surface area (Å²) in [7, 11) is -0.735. The number of aryl methyl sites for hydroxylation is 3. The molecule has 0 amide bonds. The summed E-state index contributed by atoms with van der Waals surface area (Å²) in [6.07, 6.45) is 3.42. The SMILES string of the molecule is Cc1cccc2c1nc(CCCl)n2CCCS(C)=O. The first-order valence-corrected chi connectivity index (χ1v) is 8.70. The van der Waals surface area contributed by atoms with Crippen molar-refractivity contribution in [3.05, 3.63) is 29.6 Å². The van der Waals surface area contributed by atoms with E-state index >= 15 is 0 Å². The normalized spacial score (nSPS) is 13.0. The maximum Gasteiger partial charge on any atom is 0.111 e. The Morgan fingerprint density at radius 1 is 1.42 bits per heavy atom. The van der Waals surface area contributed by atoms with E-state index in [2.05, 4.69) is 29.7 Å². The van der Waals surface area contributed by atoms with Crippen LogP contribution in [0.4, 0.5) is 0 Å². The van der Waals surface area contributed by atoms with Crippen LogP contribution in [0.1, 0.15) is 17.8 Å². The number of aromatic nitrogens is 2. The zero-order valence-electron chi connectivity index (χ0n) is 11.4. The number of rotatable bonds is 6. The third kappa shape index (κ3) is 3.37. The van der Waals surface area contributed by atoms with E-state index in [1.54, 1.807) is 6.26 Å². The molecule has 1 atom stereocenters. The van der Waals surface area contributed by atoms with Gasteiger partial charge in [-0.05, 0) is 25.0 Å². The molecular weight excluding hydrogens is 280 g/mol. The number of fused-ring (bicyclic) bond motifs is 1. The van der Waals surface area contributed by atoms with Crippen molar-refractivity contribution in [2.45, 2.75) is 26.3 Å². The summed E-state index contributed by atoms with van der Waals surface area (Å²) in [4.78, 5) is 4.70. The van der Waals surface area contributed by atoms with Crippen LogP contribution in [-0.4, -0.2) is 31.6 Å². The smallest absolute Gasteiger partial charge is 0.111 e. The monoisotopic (exact) mass is 298 g/mol. The molecule has 1 aromatic carbocycles. The van der Waals surface area contributed by atoms with Crippen LogP contribution >= 0.6 is 11.6 Å². The number of hydrogen-bond acceptors (Lipinski definition) is 2. The molecule has 0 saturated heterocycles. The lowest BCUT2D eigenvalue weighted by molar-refractivity contribution is 0.650. The van der Waals surface area contributed by atoms with Gasteiger partial charge in [0.25, 0.3) is 0 Å². The van der Waals surface area contributed by atoms with Crippen molar-refractivity contribution in [1.82, 2.24) is 9.55 Å². The summed E-state index contributed by atoms with van der Waals surface area (Å²) in [6.45, 7) is 2.93. The number of para-hydroxylation sites is 1. The Morgan fingerprint density at radius 2 is 2.21 bits per heavy atom. The van der Waals surface area contributed by atoms with Crippen LogP contribution in [0.2, 0.25) is 0 Å². The molecule has 2 aromatic rings. The molecule has 0 aliphatic carbocycles. The molecule has 0 saturated carbocycles. The van der Waals surface area contributed by atoms with Crippen molar-refractivity contribution in [3.8, 4) is 0 Å². The molecular formula is C14H19ClN2OS. The van der Waals surface area contributed by atoms with E-state index in [1.165, 1.54) is 5.56 Å². The lowest BCUT2D eigenvalue weighted by atomic mass is 10.2. The minimum absolute atomic E-state index is 0.572. The van der Waals surface area contributed by atoms with Gasteiger partial charge in [-0.3, -0.25) is 4.21 Å². The molecule has 0 aliphatic rings. The first kappa shape index (κ1) is 14.5. The molecule has 0 radical (unpaired) electrons. The van der Waals surface area contributed by atoms with Crippen molar-refractivity contribution in [3.63, 3.8) is 0 Å². The van der Waals surface area contributed by atoms with Crippen LogP contribution in [-0.2, 0) is 23.8 Å². The number of alkyl halides is 1. The number of hydrogen-bond donors (Lipinski definition) is 0. The van der Waals surface area contributed by atoms with Crippen LogP contribution in [0.5, 0.6) is 0 Å². The minimum Gasteiger partial charge on any atom is -0.328 e. The van der Waals surface area contributed by atoms with Gasteiger partial charge in [-0.25, -0.2) is 4.98 Å². The van der Waals surface area contributed by atoms with Gasteiger partial charge in [0.05, 0.1) is 11.0 Å². The Balaban J connectivity index is 2.35. The van der Waals surface area contributed by atoms with Crippen LogP contribution in [0.25, 0.3) is 11.0 Å². The predicted octanol–water partition coefficient (Wildman–Crippen LogP) is 2.89. The molecule has 0 N–H and O–H groups in total. The maximum absolute atomic E-state index is 11.2. The van der Waals surface area contributed by atoms with Gasteiger partial charge in [0.1, 0.15) is 5.82 Å². The van der Waals surface area contributed by atoms with Crippen molar-refractivity contribution < 1.29 is 4.21 Å². The summed E-state index contributed by atoms with van der Waals surface area (Å²) in [5.41, 5.74) is 3.40. The molecule has 1 aromatic heterocycles. The number of benzene rings is 1. The molecule has 0 aliphatic heterocycles. The highest BCUT2D eigenvalue weighted by molar-refractivity contribution is 7.84. The molecule has 5 heteroatoms. The van der Waals surface area contributed by atoms with Gasteiger partial charge in [-0.2, -0.15) is 0 Å². The highest BCUT2D eigenvalue weighted by Crippen LogP contribution is 2.20. The third-order valence-electron chi connectivity index (χ3n) is 3.19. The van der Waals surface area contributed by atoms with Crippen molar-refractivity contribution in [2.75, 3.05) is 17.9 Å². The standard InChI is InChI=1S/C14H19ClN2OS/c1-11-5-3-6-12-14(11)16-13(7-8-15)17(12)9-4-10-19(2)18/h3,5-6H,4,7-10H2,1-2H3. The van der Waals surface area contributed by atoms with Gasteiger partial charge in [0.2, 0.25) is 0 Å². The summed E-state index contributed by atoms with van der Waals surface area (Å²) < 4.78 is 13.4. The summed E-state index contributed by atoms with van der Waals surface area (Å²) in [6, 6.07) is 6.22. The van der Waals surface area contributed by atoms with E-state index in [-0.39, 0.29) is 0 Å². The largest absolute Gasteiger partial charge is 0.328 e. The van der Waals surface area contributed by atoms with Gasteiger partial charge < -0.3 is 4.57 Å². The molecule has 0 spiro atoms. The van der Waals surface area contributed by atoms with Gasteiger partial charge in [0, 0.05) is 41.7 Å². The van der Waals surface area contributed by atoms with Crippen molar-refractivity contribution in [1.29, 1.82) is 0 Å². The zero-order valence-corrected chi connectivity index (χ0v) is 12.9. The second kappa shape index (κ2) is 6.53. The molecule has 19 heavy (non-hydrogen) atoms. The number of halogens is 1. The van der Waals surface area contributed by atoms with E-state index in [0.29, 0.717) is 5.88 Å². The first-order chi connectivity index (χ1) is 9.13. The van der Waals surface area contributed by atoms with E-state index < -0.39 is 10.8 Å². The quantitative estimate of drug-likeness (QED) is 0.769. The topological polar surface area (TPSA) is 34.9 Å². The van der Waals surface area contributed by atoms with E-state index in [1.807, 2.05) is 0 Å². The minimum atomic E-state index is -0.735. The zero-order chi connectivity index (χ0) is 13.8. The summed E-state index contributed by atoms with van der Waals surface area (Å²) in [5.74, 6) is 2.33. The third-order valence-corrected chi connectivity index (χ3v) is 4.24. The summed E-state index contributed by atoms with van der Waals surface area (Å²) >= 11 is 5.86. The van der Waals surface area contributed by atoms with Gasteiger partial charge >= 0.3 is 0 Å². The van der Waals surface area contributed by atoms with Crippen molar-refractivity contribution in [2.24, 2.45) is 0 Å². The molecule has 0 fully saturated rings. The van der Waals surface area contributed by atoms with Gasteiger partial charge in [-0.15, -0.1) is 11.6 Å². The van der Waals surface area contributed by atoms with Gasteiger partial charge in [-0.1, -0.05) is 12.1 Å². The lowest BCUT2D eigenvalue weighted by Crippen LogP contribution is -2.07. The van der Waals surface area contributed by atoms with Crippen LogP contribution in [0.15, 0.2) is 18.2 Å². The fourth-order valence-electron chi connectivity index (χ4n) is 2.29. The Hall–Kier alpha value is -0.870. The Morgan fingerprint density at radius 3 is 2.89 bits per heavy atom. The maximum atomic E-state index is 11.2. The fraction of sp³-hybridized carbons (Fsp3) is 0.500. The van der Waals surface area contributed by atoms with Crippen molar-refractivity contribution >= 4 is 33.4 Å². The average molecular weight is 299 g/mol. The molecule has 104 valence electrons. The van der Waals surface area contributed by atoms with E-state index in [9.17, 15) is 4.21 Å². The van der Waals surface area contributed by atoms with Crippen LogP contribution < -0.4 is 0 Å². The molecule has 3 nitrogen and oxygen atoms in total. The Labute approximate surface area is 121 Å². The molecule has 0 bridgehead atoms. The summed E-state index contributed by atoms with van der Waals surface area (Å²) in [5, 5.41) is 0. The number of imidazole rings is 1. The van der Waals surface area contributed by atoms with Crippen LogP contribution in [0.3, 0.4) is 0 Å².